The zero-order valence-corrected chi connectivity index (χ0v) is 23.5. The summed E-state index contributed by atoms with van der Waals surface area (Å²) in [6.07, 6.45) is -1.08. The lowest BCUT2D eigenvalue weighted by atomic mass is 9.99. The minimum Gasteiger partial charge on any atom is -0.458 e. The molecule has 2 aromatic rings. The standard InChI is InChI=1S/C23H24ClN7O10S/c1-23(2,20(35)39-8-11-3-5-12(6-4-11)31(37)38)41-30-17(14-10-42-22(27-14)28-15(32)7-24)19(34)29-16-13(26-18(16)33)9-40-21(25)36/h3-6,10,13,16H,7-9H2,1-2H3,(H2,25,36)(H,26,33)(H,29,34)(H,27,28,32)/b30-17-/t13-,16+/m1/s1. The number of benzene rings is 1. The first-order valence-electron chi connectivity index (χ1n) is 11.8. The van der Waals surface area contributed by atoms with Gasteiger partial charge in [0, 0.05) is 17.5 Å². The van der Waals surface area contributed by atoms with Crippen molar-refractivity contribution in [3.05, 3.63) is 51.0 Å². The van der Waals surface area contributed by atoms with Crippen LogP contribution in [0.5, 0.6) is 0 Å². The van der Waals surface area contributed by atoms with Gasteiger partial charge in [0.1, 0.15) is 30.8 Å². The summed E-state index contributed by atoms with van der Waals surface area (Å²) in [7, 11) is 0. The highest BCUT2D eigenvalue weighted by Gasteiger charge is 2.42. The van der Waals surface area contributed by atoms with Gasteiger partial charge in [-0.05, 0) is 31.5 Å². The van der Waals surface area contributed by atoms with Crippen LogP contribution in [0.3, 0.4) is 0 Å². The number of hydrogen-bond donors (Lipinski definition) is 4. The number of β-lactam (4-membered cyclic amide) rings is 1. The van der Waals surface area contributed by atoms with E-state index in [0.29, 0.717) is 5.56 Å². The minimum absolute atomic E-state index is 0.0760. The van der Waals surface area contributed by atoms with Gasteiger partial charge in [-0.25, -0.2) is 14.6 Å². The van der Waals surface area contributed by atoms with Crippen molar-refractivity contribution >= 4 is 69.3 Å². The number of nitro benzene ring substituents is 1. The van der Waals surface area contributed by atoms with E-state index in [9.17, 15) is 34.1 Å². The number of carbonyl (C=O) groups is 5. The lowest BCUT2D eigenvalue weighted by Crippen LogP contribution is -2.71. The quantitative estimate of drug-likeness (QED) is 0.0597. The fourth-order valence-corrected chi connectivity index (χ4v) is 3.94. The van der Waals surface area contributed by atoms with E-state index in [4.69, 9.17) is 26.9 Å². The van der Waals surface area contributed by atoms with Crippen LogP contribution < -0.4 is 21.7 Å². The summed E-state index contributed by atoms with van der Waals surface area (Å²) in [5.74, 6) is -3.32. The molecule has 2 heterocycles. The second kappa shape index (κ2) is 13.7. The summed E-state index contributed by atoms with van der Waals surface area (Å²) in [4.78, 5) is 80.2. The first-order valence-corrected chi connectivity index (χ1v) is 13.2. The molecule has 1 aromatic carbocycles. The van der Waals surface area contributed by atoms with Crippen molar-refractivity contribution in [2.24, 2.45) is 10.9 Å². The lowest BCUT2D eigenvalue weighted by molar-refractivity contribution is -0.384. The first kappa shape index (κ1) is 31.7. The molecule has 1 saturated heterocycles. The Bertz CT molecular complexity index is 1410. The molecule has 42 heavy (non-hydrogen) atoms. The van der Waals surface area contributed by atoms with E-state index in [-0.39, 0.29) is 35.6 Å². The van der Waals surface area contributed by atoms with Gasteiger partial charge in [0.05, 0.1) is 11.0 Å². The van der Waals surface area contributed by atoms with Crippen molar-refractivity contribution in [3.63, 3.8) is 0 Å². The molecular weight excluding hydrogens is 602 g/mol. The highest BCUT2D eigenvalue weighted by atomic mass is 35.5. The molecule has 0 radical (unpaired) electrons. The fourth-order valence-electron chi connectivity index (χ4n) is 3.16. The van der Waals surface area contributed by atoms with Crippen molar-refractivity contribution < 1.29 is 43.2 Å². The molecule has 224 valence electrons. The number of oxime groups is 1. The Morgan fingerprint density at radius 1 is 1.24 bits per heavy atom. The Morgan fingerprint density at radius 2 is 1.93 bits per heavy atom. The number of hydrogen-bond acceptors (Lipinski definition) is 13. The van der Waals surface area contributed by atoms with Crippen molar-refractivity contribution in [2.75, 3.05) is 17.8 Å². The summed E-state index contributed by atoms with van der Waals surface area (Å²) in [5, 5.41) is 23.3. The molecule has 0 spiro atoms. The topological polar surface area (TPSA) is 244 Å². The number of esters is 1. The number of halogens is 1. The maximum Gasteiger partial charge on any atom is 0.404 e. The van der Waals surface area contributed by atoms with Crippen LogP contribution in [-0.4, -0.2) is 75.6 Å². The molecule has 1 aliphatic rings. The average Bonchev–Trinajstić information content (AvgIpc) is 3.40. The number of carbonyl (C=O) groups excluding carboxylic acids is 5. The predicted octanol–water partition coefficient (Wildman–Crippen LogP) is 0.550. The van der Waals surface area contributed by atoms with E-state index in [0.717, 1.165) is 11.3 Å². The molecule has 17 nitrogen and oxygen atoms in total. The molecule has 4 amide bonds. The number of amides is 4. The number of anilines is 1. The smallest absolute Gasteiger partial charge is 0.404 e. The third-order valence-electron chi connectivity index (χ3n) is 5.41. The second-order valence-corrected chi connectivity index (χ2v) is 10.1. The molecule has 3 rings (SSSR count). The summed E-state index contributed by atoms with van der Waals surface area (Å²) < 4.78 is 9.90. The number of aromatic nitrogens is 1. The van der Waals surface area contributed by atoms with Crippen molar-refractivity contribution in [2.45, 2.75) is 38.1 Å². The van der Waals surface area contributed by atoms with Gasteiger partial charge in [0.2, 0.25) is 17.4 Å². The van der Waals surface area contributed by atoms with Gasteiger partial charge >= 0.3 is 12.1 Å². The normalized spacial score (nSPS) is 16.4. The highest BCUT2D eigenvalue weighted by Crippen LogP contribution is 2.20. The number of ether oxygens (including phenoxy) is 2. The van der Waals surface area contributed by atoms with Crippen LogP contribution in [0.4, 0.5) is 15.6 Å². The van der Waals surface area contributed by atoms with E-state index in [1.54, 1.807) is 0 Å². The van der Waals surface area contributed by atoms with Gasteiger partial charge in [-0.3, -0.25) is 24.5 Å². The van der Waals surface area contributed by atoms with Crippen LogP contribution in [0.2, 0.25) is 0 Å². The number of nitrogens with one attached hydrogen (secondary N) is 3. The molecule has 0 saturated carbocycles. The molecular formula is C23H24ClN7O10S. The number of thiazole rings is 1. The molecule has 0 unspecified atom stereocenters. The number of primary amides is 1. The summed E-state index contributed by atoms with van der Waals surface area (Å²) in [6.45, 7) is 2.08. The number of nitrogens with zero attached hydrogens (tertiary/aromatic N) is 3. The number of nitrogens with two attached hydrogens (primary N) is 1. The van der Waals surface area contributed by atoms with Gasteiger partial charge in [-0.2, -0.15) is 0 Å². The van der Waals surface area contributed by atoms with Gasteiger partial charge < -0.3 is 36.0 Å². The van der Waals surface area contributed by atoms with E-state index >= 15 is 0 Å². The summed E-state index contributed by atoms with van der Waals surface area (Å²) in [6, 6.07) is 3.43. The largest absolute Gasteiger partial charge is 0.458 e. The summed E-state index contributed by atoms with van der Waals surface area (Å²) in [5.41, 5.74) is 2.98. The molecule has 1 fully saturated rings. The SMILES string of the molecule is CC(C)(O/N=C(\C(=O)N[C@@H]1C(=O)N[C@@H]1COC(N)=O)c1csc(NC(=O)CCl)n1)C(=O)OCc1ccc([N+](=O)[O-])cc1. The fraction of sp³-hybridized carbons (Fsp3) is 0.348. The second-order valence-electron chi connectivity index (χ2n) is 8.96. The van der Waals surface area contributed by atoms with Crippen LogP contribution in [0.25, 0.3) is 0 Å². The molecule has 0 aliphatic carbocycles. The third-order valence-corrected chi connectivity index (χ3v) is 6.41. The summed E-state index contributed by atoms with van der Waals surface area (Å²) >= 11 is 6.43. The third kappa shape index (κ3) is 8.33. The Kier molecular flexibility index (Phi) is 10.3. The number of alkyl halides is 1. The van der Waals surface area contributed by atoms with Gasteiger partial charge in [0.15, 0.2) is 10.8 Å². The molecule has 1 aliphatic heterocycles. The van der Waals surface area contributed by atoms with Crippen LogP contribution >= 0.6 is 22.9 Å². The zero-order valence-electron chi connectivity index (χ0n) is 22.0. The number of rotatable bonds is 13. The first-order chi connectivity index (χ1) is 19.8. The monoisotopic (exact) mass is 625 g/mol. The van der Waals surface area contributed by atoms with E-state index in [1.165, 1.54) is 43.5 Å². The Labute approximate surface area is 245 Å². The molecule has 0 bridgehead atoms. The average molecular weight is 626 g/mol. The van der Waals surface area contributed by atoms with E-state index < -0.39 is 58.1 Å². The Balaban J connectivity index is 1.76. The number of nitro groups is 1. The van der Waals surface area contributed by atoms with Crippen LogP contribution in [0, 0.1) is 10.1 Å². The maximum atomic E-state index is 13.2. The Morgan fingerprint density at radius 3 is 2.52 bits per heavy atom. The van der Waals surface area contributed by atoms with Crippen LogP contribution in [0.15, 0.2) is 34.8 Å². The van der Waals surface area contributed by atoms with E-state index in [1.807, 2.05) is 0 Å². The van der Waals surface area contributed by atoms with Gasteiger partial charge in [-0.15, -0.1) is 22.9 Å². The highest BCUT2D eigenvalue weighted by molar-refractivity contribution is 7.14. The molecule has 2 atom stereocenters. The lowest BCUT2D eigenvalue weighted by Gasteiger charge is -2.36. The maximum absolute atomic E-state index is 13.2. The van der Waals surface area contributed by atoms with Gasteiger partial charge in [-0.1, -0.05) is 5.16 Å². The molecule has 5 N–H and O–H groups in total. The Hall–Kier alpha value is -4.84. The molecule has 1 aromatic heterocycles. The van der Waals surface area contributed by atoms with E-state index in [2.05, 4.69) is 30.8 Å². The van der Waals surface area contributed by atoms with Crippen LogP contribution in [0.1, 0.15) is 25.1 Å². The van der Waals surface area contributed by atoms with Crippen molar-refractivity contribution in [3.8, 4) is 0 Å². The van der Waals surface area contributed by atoms with Crippen LogP contribution in [-0.2, 0) is 40.1 Å². The minimum atomic E-state index is -1.75. The number of non-ortho nitro benzene ring substituents is 1. The zero-order chi connectivity index (χ0) is 31.0. The van der Waals surface area contributed by atoms with Crippen molar-refractivity contribution in [1.82, 2.24) is 15.6 Å². The molecule has 19 heteroatoms. The van der Waals surface area contributed by atoms with Gasteiger partial charge in [0.25, 0.3) is 11.6 Å². The van der Waals surface area contributed by atoms with Crippen molar-refractivity contribution in [1.29, 1.82) is 0 Å². The predicted molar refractivity (Wildman–Crippen MR) is 145 cm³/mol.